The molecule has 0 radical (unpaired) electrons. The highest BCUT2D eigenvalue weighted by Crippen LogP contribution is 2.46. The van der Waals surface area contributed by atoms with Gasteiger partial charge < -0.3 is 0 Å². The summed E-state index contributed by atoms with van der Waals surface area (Å²) in [6.07, 6.45) is 1.10. The van der Waals surface area contributed by atoms with Gasteiger partial charge in [0.15, 0.2) is 27.2 Å². The van der Waals surface area contributed by atoms with E-state index in [1.54, 1.807) is 13.8 Å². The lowest BCUT2D eigenvalue weighted by Gasteiger charge is -2.40. The van der Waals surface area contributed by atoms with E-state index >= 15 is 0 Å². The number of halogens is 1. The molecular weight excluding hydrogens is 412 g/mol. The minimum Gasteiger partial charge on any atom is -0.298 e. The van der Waals surface area contributed by atoms with Crippen LogP contribution in [0.2, 0.25) is 5.02 Å². The van der Waals surface area contributed by atoms with Crippen molar-refractivity contribution in [3.8, 4) is 0 Å². The third-order valence-corrected chi connectivity index (χ3v) is 7.02. The second-order valence-corrected chi connectivity index (χ2v) is 10.4. The molecule has 0 amide bonds. The van der Waals surface area contributed by atoms with E-state index in [2.05, 4.69) is 0 Å². The number of ketones is 3. The van der Waals surface area contributed by atoms with Crippen molar-refractivity contribution in [2.75, 3.05) is 6.26 Å². The number of carbonyl (C=O) groups excluding carboxylic acids is 3. The Morgan fingerprint density at radius 1 is 1.07 bits per heavy atom. The molecule has 0 aliphatic heterocycles. The van der Waals surface area contributed by atoms with Crippen LogP contribution in [0.4, 0.5) is 0 Å². The normalized spacial score (nSPS) is 21.8. The lowest BCUT2D eigenvalue weighted by atomic mass is 9.60. The Labute approximate surface area is 175 Å². The van der Waals surface area contributed by atoms with Crippen LogP contribution in [0.15, 0.2) is 53.4 Å². The van der Waals surface area contributed by atoms with Crippen molar-refractivity contribution in [1.82, 2.24) is 0 Å². The van der Waals surface area contributed by atoms with Crippen LogP contribution in [-0.2, 0) is 19.4 Å². The monoisotopic (exact) mass is 432 g/mol. The Morgan fingerprint density at radius 3 is 2.24 bits per heavy atom. The molecule has 7 heteroatoms. The Hall–Kier alpha value is -2.31. The Bertz CT molecular complexity index is 1100. The van der Waals surface area contributed by atoms with Gasteiger partial charge in [-0.25, -0.2) is 8.42 Å². The van der Waals surface area contributed by atoms with Crippen molar-refractivity contribution in [1.29, 1.82) is 0 Å². The van der Waals surface area contributed by atoms with Gasteiger partial charge in [0.2, 0.25) is 0 Å². The van der Waals surface area contributed by atoms with Crippen LogP contribution in [-0.4, -0.2) is 32.0 Å². The summed E-state index contributed by atoms with van der Waals surface area (Å²) in [4.78, 5) is 39.1. The SMILES string of the molecule is CC1(C)C(=O)C(C(=O)c2ccc(S(C)(=O)=O)cc2Cl)C(=O)CC1c1ccccc1. The van der Waals surface area contributed by atoms with Crippen LogP contribution in [0.25, 0.3) is 0 Å². The van der Waals surface area contributed by atoms with Gasteiger partial charge in [-0.1, -0.05) is 55.8 Å². The quantitative estimate of drug-likeness (QED) is 0.540. The van der Waals surface area contributed by atoms with Crippen molar-refractivity contribution in [2.24, 2.45) is 11.3 Å². The van der Waals surface area contributed by atoms with Gasteiger partial charge in [-0.2, -0.15) is 0 Å². The zero-order valence-electron chi connectivity index (χ0n) is 16.3. The molecule has 0 spiro atoms. The molecular formula is C22H21ClO5S. The second-order valence-electron chi connectivity index (χ2n) is 7.93. The topological polar surface area (TPSA) is 85.3 Å². The maximum Gasteiger partial charge on any atom is 0.182 e. The van der Waals surface area contributed by atoms with Crippen LogP contribution < -0.4 is 0 Å². The number of benzene rings is 2. The molecule has 0 saturated heterocycles. The summed E-state index contributed by atoms with van der Waals surface area (Å²) in [5, 5.41) is -0.0958. The maximum absolute atomic E-state index is 13.2. The van der Waals surface area contributed by atoms with Gasteiger partial charge in [-0.3, -0.25) is 14.4 Å². The minimum atomic E-state index is -3.50. The Kier molecular flexibility index (Phi) is 5.54. The molecule has 1 saturated carbocycles. The predicted octanol–water partition coefficient (Wildman–Crippen LogP) is 3.89. The van der Waals surface area contributed by atoms with Crippen LogP contribution in [0, 0.1) is 11.3 Å². The van der Waals surface area contributed by atoms with E-state index in [9.17, 15) is 22.8 Å². The van der Waals surface area contributed by atoms with Crippen LogP contribution in [0.5, 0.6) is 0 Å². The van der Waals surface area contributed by atoms with Gasteiger partial charge in [0.25, 0.3) is 0 Å². The number of hydrogen-bond acceptors (Lipinski definition) is 5. The molecule has 0 bridgehead atoms. The fraction of sp³-hybridized carbons (Fsp3) is 0.318. The third kappa shape index (κ3) is 3.91. The second kappa shape index (κ2) is 7.50. The van der Waals surface area contributed by atoms with Crippen molar-refractivity contribution in [3.05, 3.63) is 64.7 Å². The molecule has 2 aromatic rings. The molecule has 5 nitrogen and oxygen atoms in total. The largest absolute Gasteiger partial charge is 0.298 e. The number of carbonyl (C=O) groups is 3. The number of sulfone groups is 1. The smallest absolute Gasteiger partial charge is 0.182 e. The van der Waals surface area contributed by atoms with Crippen LogP contribution >= 0.6 is 11.6 Å². The van der Waals surface area contributed by atoms with E-state index in [-0.39, 0.29) is 27.8 Å². The fourth-order valence-corrected chi connectivity index (χ4v) is 4.82. The number of Topliss-reactive ketones (excluding diaryl/α,β-unsaturated/α-hetero) is 3. The first-order valence-corrected chi connectivity index (χ1v) is 11.4. The number of hydrogen-bond donors (Lipinski definition) is 0. The minimum absolute atomic E-state index is 0.0280. The van der Waals surface area contributed by atoms with Crippen molar-refractivity contribution in [2.45, 2.75) is 31.1 Å². The molecule has 1 aliphatic carbocycles. The average Bonchev–Trinajstić information content (AvgIpc) is 2.64. The van der Waals surface area contributed by atoms with Gasteiger partial charge >= 0.3 is 0 Å². The van der Waals surface area contributed by atoms with E-state index in [1.165, 1.54) is 18.2 Å². The van der Waals surface area contributed by atoms with E-state index < -0.39 is 38.5 Å². The maximum atomic E-state index is 13.2. The van der Waals surface area contributed by atoms with Gasteiger partial charge in [-0.15, -0.1) is 0 Å². The molecule has 3 rings (SSSR count). The third-order valence-electron chi connectivity index (χ3n) is 5.59. The Balaban J connectivity index is 1.97. The molecule has 0 aromatic heterocycles. The summed E-state index contributed by atoms with van der Waals surface area (Å²) < 4.78 is 23.4. The van der Waals surface area contributed by atoms with Gasteiger partial charge in [0.05, 0.1) is 9.92 Å². The summed E-state index contributed by atoms with van der Waals surface area (Å²) in [7, 11) is -3.50. The molecule has 0 N–H and O–H groups in total. The lowest BCUT2D eigenvalue weighted by molar-refractivity contribution is -0.141. The molecule has 2 atom stereocenters. The summed E-state index contributed by atoms with van der Waals surface area (Å²) >= 11 is 6.13. The van der Waals surface area contributed by atoms with E-state index in [0.717, 1.165) is 11.8 Å². The highest BCUT2D eigenvalue weighted by Gasteiger charge is 2.51. The molecule has 2 unspecified atom stereocenters. The van der Waals surface area contributed by atoms with Gasteiger partial charge in [0, 0.05) is 29.6 Å². The highest BCUT2D eigenvalue weighted by molar-refractivity contribution is 7.90. The molecule has 1 aliphatic rings. The molecule has 1 fully saturated rings. The van der Waals surface area contributed by atoms with E-state index in [4.69, 9.17) is 11.6 Å². The molecule has 29 heavy (non-hydrogen) atoms. The number of rotatable bonds is 4. The van der Waals surface area contributed by atoms with Gasteiger partial charge in [-0.05, 0) is 23.8 Å². The summed E-state index contributed by atoms with van der Waals surface area (Å²) in [5.41, 5.74) is -0.0743. The van der Waals surface area contributed by atoms with Crippen molar-refractivity contribution >= 4 is 38.8 Å². The highest BCUT2D eigenvalue weighted by atomic mass is 35.5. The van der Waals surface area contributed by atoms with Crippen LogP contribution in [0.3, 0.4) is 0 Å². The van der Waals surface area contributed by atoms with E-state index in [0.29, 0.717) is 0 Å². The zero-order valence-corrected chi connectivity index (χ0v) is 17.9. The summed E-state index contributed by atoms with van der Waals surface area (Å²) in [6, 6.07) is 13.0. The fourth-order valence-electron chi connectivity index (χ4n) is 3.83. The first-order valence-electron chi connectivity index (χ1n) is 9.10. The molecule has 2 aromatic carbocycles. The summed E-state index contributed by atoms with van der Waals surface area (Å²) in [6.45, 7) is 3.49. The Morgan fingerprint density at radius 2 is 1.69 bits per heavy atom. The predicted molar refractivity (Wildman–Crippen MR) is 110 cm³/mol. The first kappa shape index (κ1) is 21.4. The average molecular weight is 433 g/mol. The zero-order chi connectivity index (χ0) is 21.6. The lowest BCUT2D eigenvalue weighted by Crippen LogP contribution is -2.48. The van der Waals surface area contributed by atoms with E-state index in [1.807, 2.05) is 30.3 Å². The molecule has 152 valence electrons. The summed E-state index contributed by atoms with van der Waals surface area (Å²) in [5.74, 6) is -3.35. The standard InChI is InChI=1S/C22H21ClO5S/c1-22(2)16(13-7-5-4-6-8-13)12-18(24)19(21(22)26)20(25)15-10-9-14(11-17(15)23)29(3,27)28/h4-11,16,19H,12H2,1-3H3. The first-order chi connectivity index (χ1) is 13.4. The van der Waals surface area contributed by atoms with Gasteiger partial charge in [0.1, 0.15) is 5.92 Å². The van der Waals surface area contributed by atoms with Crippen molar-refractivity contribution in [3.63, 3.8) is 0 Å². The molecule has 0 heterocycles. The van der Waals surface area contributed by atoms with Crippen molar-refractivity contribution < 1.29 is 22.8 Å². The van der Waals surface area contributed by atoms with Crippen LogP contribution in [0.1, 0.15) is 42.1 Å².